The van der Waals surface area contributed by atoms with Crippen molar-refractivity contribution in [3.8, 4) is 0 Å². The first-order valence-electron chi connectivity index (χ1n) is 6.57. The molecule has 16 heavy (non-hydrogen) atoms. The number of carbonyl (C=O) groups is 1. The number of carbonyl (C=O) groups excluding carboxylic acids is 1. The lowest BCUT2D eigenvalue weighted by molar-refractivity contribution is -0.138. The van der Waals surface area contributed by atoms with E-state index in [2.05, 4.69) is 13.5 Å². The Labute approximate surface area is 100 Å². The van der Waals surface area contributed by atoms with Crippen LogP contribution in [0.2, 0.25) is 0 Å². The van der Waals surface area contributed by atoms with Gasteiger partial charge in [0.25, 0.3) is 0 Å². The van der Waals surface area contributed by atoms with Crippen molar-refractivity contribution in [2.75, 3.05) is 6.61 Å². The first-order chi connectivity index (χ1) is 7.72. The number of esters is 1. The minimum Gasteiger partial charge on any atom is -0.463 e. The number of hydrogen-bond donors (Lipinski definition) is 0. The summed E-state index contributed by atoms with van der Waals surface area (Å²) < 4.78 is 4.88. The van der Waals surface area contributed by atoms with Crippen molar-refractivity contribution >= 4 is 5.97 Å². The summed E-state index contributed by atoms with van der Waals surface area (Å²) in [5.74, 6) is -0.228. The van der Waals surface area contributed by atoms with E-state index < -0.39 is 0 Å². The van der Waals surface area contributed by atoms with Crippen molar-refractivity contribution in [2.45, 2.75) is 65.2 Å². The molecule has 2 nitrogen and oxygen atoms in total. The Morgan fingerprint density at radius 2 is 1.56 bits per heavy atom. The van der Waals surface area contributed by atoms with Gasteiger partial charge in [-0.3, -0.25) is 0 Å². The molecule has 94 valence electrons. The molecule has 0 aliphatic heterocycles. The SMILES string of the molecule is C=C(CCCCCCCCC)C(=O)OCC. The minimum absolute atomic E-state index is 0.228. The van der Waals surface area contributed by atoms with E-state index >= 15 is 0 Å². The van der Waals surface area contributed by atoms with Gasteiger partial charge in [0.15, 0.2) is 0 Å². The summed E-state index contributed by atoms with van der Waals surface area (Å²) in [4.78, 5) is 11.2. The monoisotopic (exact) mass is 226 g/mol. The summed E-state index contributed by atoms with van der Waals surface area (Å²) in [6.45, 7) is 8.23. The maximum atomic E-state index is 11.2. The highest BCUT2D eigenvalue weighted by Gasteiger charge is 2.06. The average Bonchev–Trinajstić information content (AvgIpc) is 2.28. The Balaban J connectivity index is 3.31. The Morgan fingerprint density at radius 3 is 2.12 bits per heavy atom. The van der Waals surface area contributed by atoms with E-state index in [1.54, 1.807) is 0 Å². The van der Waals surface area contributed by atoms with E-state index in [1.807, 2.05) is 6.92 Å². The number of unbranched alkanes of at least 4 members (excludes halogenated alkanes) is 6. The zero-order chi connectivity index (χ0) is 12.2. The molecule has 0 fully saturated rings. The second-order valence-electron chi connectivity index (χ2n) is 4.20. The molecule has 0 heterocycles. The molecule has 0 unspecified atom stereocenters. The molecular weight excluding hydrogens is 200 g/mol. The Bertz CT molecular complexity index is 197. The van der Waals surface area contributed by atoms with Crippen LogP contribution in [0.1, 0.15) is 65.2 Å². The zero-order valence-electron chi connectivity index (χ0n) is 10.9. The highest BCUT2D eigenvalue weighted by Crippen LogP contribution is 2.12. The second kappa shape index (κ2) is 10.7. The van der Waals surface area contributed by atoms with Crippen LogP contribution in [0.3, 0.4) is 0 Å². The van der Waals surface area contributed by atoms with Gasteiger partial charge in [0.1, 0.15) is 0 Å². The molecule has 0 aliphatic carbocycles. The van der Waals surface area contributed by atoms with Crippen LogP contribution in [0.15, 0.2) is 12.2 Å². The molecule has 0 amide bonds. The highest BCUT2D eigenvalue weighted by atomic mass is 16.5. The Morgan fingerprint density at radius 1 is 1.00 bits per heavy atom. The maximum absolute atomic E-state index is 11.2. The lowest BCUT2D eigenvalue weighted by Gasteiger charge is -2.05. The quantitative estimate of drug-likeness (QED) is 0.316. The predicted molar refractivity (Wildman–Crippen MR) is 68.4 cm³/mol. The number of hydrogen-bond acceptors (Lipinski definition) is 2. The van der Waals surface area contributed by atoms with Crippen LogP contribution in [0, 0.1) is 0 Å². The molecule has 0 N–H and O–H groups in total. The standard InChI is InChI=1S/C14H26O2/c1-4-6-7-8-9-10-11-12-13(3)14(15)16-5-2/h3-12H2,1-2H3. The molecule has 0 aromatic rings. The summed E-state index contributed by atoms with van der Waals surface area (Å²) in [6, 6.07) is 0. The van der Waals surface area contributed by atoms with E-state index in [9.17, 15) is 4.79 Å². The van der Waals surface area contributed by atoms with Crippen molar-refractivity contribution in [2.24, 2.45) is 0 Å². The van der Waals surface area contributed by atoms with Crippen molar-refractivity contribution in [1.82, 2.24) is 0 Å². The van der Waals surface area contributed by atoms with Gasteiger partial charge in [0.2, 0.25) is 0 Å². The highest BCUT2D eigenvalue weighted by molar-refractivity contribution is 5.87. The average molecular weight is 226 g/mol. The molecule has 0 aromatic carbocycles. The van der Waals surface area contributed by atoms with Crippen LogP contribution >= 0.6 is 0 Å². The smallest absolute Gasteiger partial charge is 0.333 e. The first-order valence-corrected chi connectivity index (χ1v) is 6.57. The summed E-state index contributed by atoms with van der Waals surface area (Å²) in [5.41, 5.74) is 0.621. The van der Waals surface area contributed by atoms with Gasteiger partial charge in [-0.05, 0) is 19.8 Å². The minimum atomic E-state index is -0.228. The second-order valence-corrected chi connectivity index (χ2v) is 4.20. The van der Waals surface area contributed by atoms with Crippen molar-refractivity contribution < 1.29 is 9.53 Å². The number of rotatable bonds is 10. The van der Waals surface area contributed by atoms with Gasteiger partial charge in [-0.15, -0.1) is 0 Å². The van der Waals surface area contributed by atoms with E-state index in [-0.39, 0.29) is 5.97 Å². The summed E-state index contributed by atoms with van der Waals surface area (Å²) in [6.07, 6.45) is 9.61. The molecule has 0 radical (unpaired) electrons. The van der Waals surface area contributed by atoms with Crippen molar-refractivity contribution in [1.29, 1.82) is 0 Å². The van der Waals surface area contributed by atoms with Crippen molar-refractivity contribution in [3.05, 3.63) is 12.2 Å². The molecule has 0 atom stereocenters. The van der Waals surface area contributed by atoms with Crippen LogP contribution in [-0.4, -0.2) is 12.6 Å². The summed E-state index contributed by atoms with van der Waals surface area (Å²) in [7, 11) is 0. The maximum Gasteiger partial charge on any atom is 0.333 e. The van der Waals surface area contributed by atoms with Crippen LogP contribution < -0.4 is 0 Å². The molecular formula is C14H26O2. The fraction of sp³-hybridized carbons (Fsp3) is 0.786. The van der Waals surface area contributed by atoms with E-state index in [4.69, 9.17) is 4.74 Å². The molecule has 0 bridgehead atoms. The van der Waals surface area contributed by atoms with Crippen molar-refractivity contribution in [3.63, 3.8) is 0 Å². The normalized spacial score (nSPS) is 10.1. The third-order valence-corrected chi connectivity index (χ3v) is 2.65. The molecule has 0 saturated carbocycles. The molecule has 0 rings (SSSR count). The van der Waals surface area contributed by atoms with Gasteiger partial charge in [-0.25, -0.2) is 4.79 Å². The molecule has 2 heteroatoms. The van der Waals surface area contributed by atoms with Crippen LogP contribution in [0.25, 0.3) is 0 Å². The van der Waals surface area contributed by atoms with Gasteiger partial charge < -0.3 is 4.74 Å². The van der Waals surface area contributed by atoms with E-state index in [1.165, 1.54) is 38.5 Å². The number of ether oxygens (including phenoxy) is 1. The first kappa shape index (κ1) is 15.2. The van der Waals surface area contributed by atoms with Crippen LogP contribution in [0.4, 0.5) is 0 Å². The predicted octanol–water partition coefficient (Wildman–Crippen LogP) is 4.25. The van der Waals surface area contributed by atoms with E-state index in [0.717, 1.165) is 12.8 Å². The van der Waals surface area contributed by atoms with E-state index in [0.29, 0.717) is 12.2 Å². The fourth-order valence-corrected chi connectivity index (χ4v) is 1.63. The zero-order valence-corrected chi connectivity index (χ0v) is 10.9. The Kier molecular flexibility index (Phi) is 10.2. The van der Waals surface area contributed by atoms with Gasteiger partial charge >= 0.3 is 5.97 Å². The molecule has 0 saturated heterocycles. The van der Waals surface area contributed by atoms with Gasteiger partial charge in [0.05, 0.1) is 6.61 Å². The lowest BCUT2D eigenvalue weighted by atomic mass is 10.1. The summed E-state index contributed by atoms with van der Waals surface area (Å²) >= 11 is 0. The van der Waals surface area contributed by atoms with Gasteiger partial charge in [0, 0.05) is 5.57 Å². The largest absolute Gasteiger partial charge is 0.463 e. The molecule has 0 aliphatic rings. The lowest BCUT2D eigenvalue weighted by Crippen LogP contribution is -2.06. The van der Waals surface area contributed by atoms with Gasteiger partial charge in [-0.2, -0.15) is 0 Å². The third-order valence-electron chi connectivity index (χ3n) is 2.65. The van der Waals surface area contributed by atoms with Crippen LogP contribution in [-0.2, 0) is 9.53 Å². The fourth-order valence-electron chi connectivity index (χ4n) is 1.63. The summed E-state index contributed by atoms with van der Waals surface area (Å²) in [5, 5.41) is 0. The molecule has 0 spiro atoms. The molecule has 0 aromatic heterocycles. The van der Waals surface area contributed by atoms with Crippen LogP contribution in [0.5, 0.6) is 0 Å². The third kappa shape index (κ3) is 8.51. The Hall–Kier alpha value is -0.790. The topological polar surface area (TPSA) is 26.3 Å². The van der Waals surface area contributed by atoms with Gasteiger partial charge in [-0.1, -0.05) is 52.0 Å².